The topological polar surface area (TPSA) is 117 Å². The molecule has 144 valence electrons. The first kappa shape index (κ1) is 19.5. The lowest BCUT2D eigenvalue weighted by atomic mass is 10.1. The average Bonchev–Trinajstić information content (AvgIpc) is 2.75. The van der Waals surface area contributed by atoms with E-state index < -0.39 is 11.9 Å². The van der Waals surface area contributed by atoms with Gasteiger partial charge in [-0.1, -0.05) is 24.3 Å². The van der Waals surface area contributed by atoms with Crippen molar-refractivity contribution in [2.75, 3.05) is 17.2 Å². The monoisotopic (exact) mass is 387 g/mol. The second-order valence-electron chi connectivity index (χ2n) is 5.77. The molecular weight excluding hydrogens is 370 g/mol. The van der Waals surface area contributed by atoms with Crippen molar-refractivity contribution in [2.45, 2.75) is 6.92 Å². The maximum absolute atomic E-state index is 12.6. The van der Waals surface area contributed by atoms with Gasteiger partial charge in [-0.25, -0.2) is 14.8 Å². The highest BCUT2D eigenvalue weighted by molar-refractivity contribution is 6.07. The molecule has 3 aromatic rings. The Morgan fingerprint density at radius 3 is 2.55 bits per heavy atom. The summed E-state index contributed by atoms with van der Waals surface area (Å²) in [5.74, 6) is -0.874. The SMILES string of the molecule is CCOC(=O)c1ccccc1NC(=O)c1ccnc(Nc2ccccc2C#N)n1. The number of carbonyl (C=O) groups is 2. The van der Waals surface area contributed by atoms with Crippen LogP contribution < -0.4 is 10.6 Å². The molecule has 0 aliphatic carbocycles. The number of esters is 1. The van der Waals surface area contributed by atoms with Crippen LogP contribution >= 0.6 is 0 Å². The molecule has 0 aliphatic heterocycles. The van der Waals surface area contributed by atoms with Crippen LogP contribution in [0.2, 0.25) is 0 Å². The van der Waals surface area contributed by atoms with E-state index in [4.69, 9.17) is 4.74 Å². The van der Waals surface area contributed by atoms with Crippen LogP contribution in [0.15, 0.2) is 60.8 Å². The number of hydrogen-bond donors (Lipinski definition) is 2. The van der Waals surface area contributed by atoms with Crippen LogP contribution in [0.4, 0.5) is 17.3 Å². The summed E-state index contributed by atoms with van der Waals surface area (Å²) in [4.78, 5) is 33.0. The van der Waals surface area contributed by atoms with Crippen LogP contribution in [0, 0.1) is 11.3 Å². The molecule has 3 rings (SSSR count). The highest BCUT2D eigenvalue weighted by Gasteiger charge is 2.16. The van der Waals surface area contributed by atoms with E-state index in [9.17, 15) is 14.9 Å². The highest BCUT2D eigenvalue weighted by atomic mass is 16.5. The number of anilines is 3. The number of aromatic nitrogens is 2. The van der Waals surface area contributed by atoms with Gasteiger partial charge in [0, 0.05) is 6.20 Å². The second kappa shape index (κ2) is 9.10. The van der Waals surface area contributed by atoms with E-state index in [0.717, 1.165) is 0 Å². The fraction of sp³-hybridized carbons (Fsp3) is 0.0952. The van der Waals surface area contributed by atoms with Crippen LogP contribution in [0.1, 0.15) is 33.3 Å². The zero-order chi connectivity index (χ0) is 20.6. The molecule has 0 radical (unpaired) electrons. The third-order valence-electron chi connectivity index (χ3n) is 3.85. The van der Waals surface area contributed by atoms with Gasteiger partial charge in [0.2, 0.25) is 5.95 Å². The molecule has 8 heteroatoms. The molecule has 1 amide bonds. The van der Waals surface area contributed by atoms with Crippen molar-refractivity contribution in [3.8, 4) is 6.07 Å². The first-order valence-corrected chi connectivity index (χ1v) is 8.79. The number of rotatable bonds is 6. The van der Waals surface area contributed by atoms with E-state index in [2.05, 4.69) is 26.7 Å². The van der Waals surface area contributed by atoms with Crippen molar-refractivity contribution in [2.24, 2.45) is 0 Å². The van der Waals surface area contributed by atoms with Crippen molar-refractivity contribution in [3.63, 3.8) is 0 Å². The van der Waals surface area contributed by atoms with Crippen LogP contribution in [-0.2, 0) is 4.74 Å². The first-order chi connectivity index (χ1) is 14.1. The molecular formula is C21H17N5O3. The Labute approximate surface area is 167 Å². The Morgan fingerprint density at radius 1 is 1.07 bits per heavy atom. The van der Waals surface area contributed by atoms with E-state index in [1.807, 2.05) is 0 Å². The summed E-state index contributed by atoms with van der Waals surface area (Å²) >= 11 is 0. The molecule has 1 aromatic heterocycles. The predicted molar refractivity (Wildman–Crippen MR) is 107 cm³/mol. The van der Waals surface area contributed by atoms with E-state index >= 15 is 0 Å². The number of amides is 1. The molecule has 0 saturated heterocycles. The average molecular weight is 387 g/mol. The van der Waals surface area contributed by atoms with Crippen molar-refractivity contribution < 1.29 is 14.3 Å². The van der Waals surface area contributed by atoms with Gasteiger partial charge in [-0.05, 0) is 37.3 Å². The lowest BCUT2D eigenvalue weighted by Gasteiger charge is -2.11. The number of nitrogens with one attached hydrogen (secondary N) is 2. The van der Waals surface area contributed by atoms with Crippen LogP contribution in [-0.4, -0.2) is 28.5 Å². The number of nitrogens with zero attached hydrogens (tertiary/aromatic N) is 3. The van der Waals surface area contributed by atoms with Gasteiger partial charge in [-0.15, -0.1) is 0 Å². The molecule has 0 spiro atoms. The van der Waals surface area contributed by atoms with E-state index in [-0.39, 0.29) is 23.8 Å². The summed E-state index contributed by atoms with van der Waals surface area (Å²) in [6.45, 7) is 1.94. The van der Waals surface area contributed by atoms with Gasteiger partial charge in [0.15, 0.2) is 0 Å². The summed E-state index contributed by atoms with van der Waals surface area (Å²) < 4.78 is 5.01. The molecule has 2 N–H and O–H groups in total. The summed E-state index contributed by atoms with van der Waals surface area (Å²) in [5.41, 5.74) is 1.61. The van der Waals surface area contributed by atoms with Gasteiger partial charge in [0.05, 0.1) is 29.1 Å². The number of para-hydroxylation sites is 2. The van der Waals surface area contributed by atoms with Gasteiger partial charge >= 0.3 is 5.97 Å². The normalized spacial score (nSPS) is 9.93. The Morgan fingerprint density at radius 2 is 1.79 bits per heavy atom. The Kier molecular flexibility index (Phi) is 6.12. The van der Waals surface area contributed by atoms with Crippen molar-refractivity contribution in [1.29, 1.82) is 5.26 Å². The Balaban J connectivity index is 1.81. The molecule has 8 nitrogen and oxygen atoms in total. The molecule has 0 fully saturated rings. The van der Waals surface area contributed by atoms with Gasteiger partial charge in [0.1, 0.15) is 11.8 Å². The smallest absolute Gasteiger partial charge is 0.340 e. The lowest BCUT2D eigenvalue weighted by molar-refractivity contribution is 0.0527. The van der Waals surface area contributed by atoms with Crippen molar-refractivity contribution >= 4 is 29.2 Å². The van der Waals surface area contributed by atoms with Gasteiger partial charge < -0.3 is 15.4 Å². The number of nitriles is 1. The molecule has 29 heavy (non-hydrogen) atoms. The minimum atomic E-state index is -0.526. The zero-order valence-corrected chi connectivity index (χ0v) is 15.5. The maximum Gasteiger partial charge on any atom is 0.340 e. The summed E-state index contributed by atoms with van der Waals surface area (Å²) in [5, 5.41) is 14.8. The van der Waals surface area contributed by atoms with Gasteiger partial charge in [0.25, 0.3) is 5.91 Å². The first-order valence-electron chi connectivity index (χ1n) is 8.79. The van der Waals surface area contributed by atoms with E-state index in [0.29, 0.717) is 16.9 Å². The van der Waals surface area contributed by atoms with Crippen LogP contribution in [0.5, 0.6) is 0 Å². The van der Waals surface area contributed by atoms with Crippen LogP contribution in [0.3, 0.4) is 0 Å². The molecule has 0 aliphatic rings. The largest absolute Gasteiger partial charge is 0.462 e. The van der Waals surface area contributed by atoms with Crippen LogP contribution in [0.25, 0.3) is 0 Å². The van der Waals surface area contributed by atoms with Gasteiger partial charge in [-0.2, -0.15) is 5.26 Å². The summed E-state index contributed by atoms with van der Waals surface area (Å²) in [7, 11) is 0. The lowest BCUT2D eigenvalue weighted by Crippen LogP contribution is -2.17. The minimum Gasteiger partial charge on any atom is -0.462 e. The third-order valence-corrected chi connectivity index (χ3v) is 3.85. The predicted octanol–water partition coefficient (Wildman–Crippen LogP) is 3.52. The zero-order valence-electron chi connectivity index (χ0n) is 15.5. The summed E-state index contributed by atoms with van der Waals surface area (Å²) in [6, 6.07) is 17.0. The fourth-order valence-corrected chi connectivity index (χ4v) is 2.52. The number of hydrogen-bond acceptors (Lipinski definition) is 7. The molecule has 0 bridgehead atoms. The standard InChI is InChI=1S/C21H17N5O3/c1-2-29-20(28)15-8-4-6-10-17(15)24-19(27)18-11-12-23-21(26-18)25-16-9-5-3-7-14(16)13-22/h3-12H,2H2,1H3,(H,24,27)(H,23,25,26). The fourth-order valence-electron chi connectivity index (χ4n) is 2.52. The Hall–Kier alpha value is -4.25. The van der Waals surface area contributed by atoms with E-state index in [1.165, 1.54) is 12.3 Å². The maximum atomic E-state index is 12.6. The molecule has 2 aromatic carbocycles. The second-order valence-corrected chi connectivity index (χ2v) is 5.77. The highest BCUT2D eigenvalue weighted by Crippen LogP contribution is 2.19. The van der Waals surface area contributed by atoms with Gasteiger partial charge in [-0.3, -0.25) is 4.79 Å². The number of carbonyl (C=O) groups excluding carboxylic acids is 2. The van der Waals surface area contributed by atoms with Crippen molar-refractivity contribution in [1.82, 2.24) is 9.97 Å². The molecule has 0 unspecified atom stereocenters. The Bertz CT molecular complexity index is 1090. The number of ether oxygens (including phenoxy) is 1. The van der Waals surface area contributed by atoms with E-state index in [1.54, 1.807) is 55.5 Å². The quantitative estimate of drug-likeness (QED) is 0.621. The molecule has 0 atom stereocenters. The molecule has 1 heterocycles. The molecule has 0 saturated carbocycles. The third kappa shape index (κ3) is 4.73. The van der Waals surface area contributed by atoms with Crippen molar-refractivity contribution in [3.05, 3.63) is 77.6 Å². The minimum absolute atomic E-state index is 0.0931. The number of benzene rings is 2. The summed E-state index contributed by atoms with van der Waals surface area (Å²) in [6.07, 6.45) is 1.43.